The SMILES string of the molecule is C[C@@H](Oc1ccc(C#N)cc1)C(=O)N(C)[C@@H](C)C#N. The van der Waals surface area contributed by atoms with Crippen molar-refractivity contribution < 1.29 is 9.53 Å². The summed E-state index contributed by atoms with van der Waals surface area (Å²) in [5.41, 5.74) is 0.529. The molecule has 0 fully saturated rings. The number of nitrogens with zero attached hydrogens (tertiary/aromatic N) is 3. The molecule has 0 aliphatic rings. The zero-order valence-corrected chi connectivity index (χ0v) is 11.1. The Morgan fingerprint density at radius 3 is 2.32 bits per heavy atom. The second-order valence-electron chi connectivity index (χ2n) is 4.15. The lowest BCUT2D eigenvalue weighted by Crippen LogP contribution is -2.42. The monoisotopic (exact) mass is 257 g/mol. The lowest BCUT2D eigenvalue weighted by Gasteiger charge is -2.23. The molecule has 98 valence electrons. The summed E-state index contributed by atoms with van der Waals surface area (Å²) in [5.74, 6) is 0.247. The van der Waals surface area contributed by atoms with Crippen LogP contribution in [0.25, 0.3) is 0 Å². The van der Waals surface area contributed by atoms with Crippen LogP contribution < -0.4 is 4.74 Å². The Balaban J connectivity index is 2.69. The molecule has 0 bridgehead atoms. The predicted octanol–water partition coefficient (Wildman–Crippen LogP) is 1.70. The first-order chi connectivity index (χ1) is 8.99. The highest BCUT2D eigenvalue weighted by Gasteiger charge is 2.22. The topological polar surface area (TPSA) is 77.1 Å². The number of rotatable bonds is 4. The molecule has 0 saturated carbocycles. The number of amides is 1. The maximum atomic E-state index is 12.0. The van der Waals surface area contributed by atoms with E-state index < -0.39 is 12.1 Å². The average molecular weight is 257 g/mol. The van der Waals surface area contributed by atoms with Crippen LogP contribution in [0.3, 0.4) is 0 Å². The summed E-state index contributed by atoms with van der Waals surface area (Å²) in [6.07, 6.45) is -0.686. The Labute approximate surface area is 112 Å². The summed E-state index contributed by atoms with van der Waals surface area (Å²) in [4.78, 5) is 13.3. The number of carbonyl (C=O) groups excluding carboxylic acids is 1. The van der Waals surface area contributed by atoms with Gasteiger partial charge in [-0.15, -0.1) is 0 Å². The Morgan fingerprint density at radius 1 is 1.26 bits per heavy atom. The van der Waals surface area contributed by atoms with Gasteiger partial charge in [-0.2, -0.15) is 10.5 Å². The third kappa shape index (κ3) is 3.72. The Morgan fingerprint density at radius 2 is 1.84 bits per heavy atom. The molecule has 2 atom stereocenters. The molecule has 0 spiro atoms. The van der Waals surface area contributed by atoms with Crippen molar-refractivity contribution in [1.82, 2.24) is 4.90 Å². The molecule has 1 aromatic rings. The third-order valence-corrected chi connectivity index (χ3v) is 2.76. The van der Waals surface area contributed by atoms with Crippen molar-refractivity contribution >= 4 is 5.91 Å². The van der Waals surface area contributed by atoms with Crippen LogP contribution in [0.2, 0.25) is 0 Å². The standard InChI is InChI=1S/C14H15N3O2/c1-10(8-15)17(3)14(18)11(2)19-13-6-4-12(9-16)5-7-13/h4-7,10-11H,1-3H3/t10-,11+/m0/s1. The van der Waals surface area contributed by atoms with Gasteiger partial charge < -0.3 is 9.64 Å². The fourth-order valence-corrected chi connectivity index (χ4v) is 1.43. The largest absolute Gasteiger partial charge is 0.481 e. The molecule has 5 heteroatoms. The number of ether oxygens (including phenoxy) is 1. The molecule has 0 heterocycles. The zero-order chi connectivity index (χ0) is 14.4. The van der Waals surface area contributed by atoms with E-state index in [1.54, 1.807) is 45.2 Å². The molecule has 0 aliphatic heterocycles. The van der Waals surface area contributed by atoms with E-state index in [0.29, 0.717) is 11.3 Å². The van der Waals surface area contributed by atoms with Crippen molar-refractivity contribution in [2.24, 2.45) is 0 Å². The van der Waals surface area contributed by atoms with Crippen molar-refractivity contribution in [2.75, 3.05) is 7.05 Å². The van der Waals surface area contributed by atoms with Gasteiger partial charge in [-0.25, -0.2) is 0 Å². The van der Waals surface area contributed by atoms with E-state index in [0.717, 1.165) is 0 Å². The molecule has 1 aromatic carbocycles. The molecule has 0 saturated heterocycles. The fourth-order valence-electron chi connectivity index (χ4n) is 1.43. The molecule has 0 N–H and O–H groups in total. The Bertz CT molecular complexity index is 525. The highest BCUT2D eigenvalue weighted by Crippen LogP contribution is 2.14. The number of likely N-dealkylation sites (N-methyl/N-ethyl adjacent to an activating group) is 1. The molecular weight excluding hydrogens is 242 g/mol. The van der Waals surface area contributed by atoms with E-state index in [9.17, 15) is 4.79 Å². The van der Waals surface area contributed by atoms with Gasteiger partial charge in [-0.1, -0.05) is 0 Å². The summed E-state index contributed by atoms with van der Waals surface area (Å²) in [6.45, 7) is 3.27. The quantitative estimate of drug-likeness (QED) is 0.822. The summed E-state index contributed by atoms with van der Waals surface area (Å²) in [5, 5.41) is 17.4. The minimum Gasteiger partial charge on any atom is -0.481 e. The smallest absolute Gasteiger partial charge is 0.264 e. The van der Waals surface area contributed by atoms with Gasteiger partial charge in [0, 0.05) is 7.05 Å². The van der Waals surface area contributed by atoms with Crippen molar-refractivity contribution in [3.8, 4) is 17.9 Å². The average Bonchev–Trinajstić information content (AvgIpc) is 2.45. The van der Waals surface area contributed by atoms with E-state index in [2.05, 4.69) is 0 Å². The van der Waals surface area contributed by atoms with Gasteiger partial charge in [0.05, 0.1) is 17.7 Å². The minimum absolute atomic E-state index is 0.265. The molecule has 19 heavy (non-hydrogen) atoms. The van der Waals surface area contributed by atoms with Crippen molar-refractivity contribution in [1.29, 1.82) is 10.5 Å². The first kappa shape index (κ1) is 14.5. The predicted molar refractivity (Wildman–Crippen MR) is 69.1 cm³/mol. The van der Waals surface area contributed by atoms with E-state index in [1.165, 1.54) is 4.90 Å². The van der Waals surface area contributed by atoms with Crippen LogP contribution >= 0.6 is 0 Å². The lowest BCUT2D eigenvalue weighted by atomic mass is 10.2. The molecular formula is C14H15N3O2. The number of nitriles is 2. The van der Waals surface area contributed by atoms with Crippen LogP contribution in [0.5, 0.6) is 5.75 Å². The maximum Gasteiger partial charge on any atom is 0.264 e. The van der Waals surface area contributed by atoms with Gasteiger partial charge in [-0.05, 0) is 38.1 Å². The van der Waals surface area contributed by atoms with Crippen LogP contribution in [0, 0.1) is 22.7 Å². The third-order valence-electron chi connectivity index (χ3n) is 2.76. The van der Waals surface area contributed by atoms with Gasteiger partial charge >= 0.3 is 0 Å². The van der Waals surface area contributed by atoms with Gasteiger partial charge in [0.1, 0.15) is 11.8 Å². The number of hydrogen-bond acceptors (Lipinski definition) is 4. The zero-order valence-electron chi connectivity index (χ0n) is 11.1. The first-order valence-corrected chi connectivity index (χ1v) is 5.82. The summed E-state index contributed by atoms with van der Waals surface area (Å²) in [7, 11) is 1.56. The lowest BCUT2D eigenvalue weighted by molar-refractivity contribution is -0.137. The van der Waals surface area contributed by atoms with Gasteiger partial charge in [0.2, 0.25) is 0 Å². The van der Waals surface area contributed by atoms with E-state index in [4.69, 9.17) is 15.3 Å². The van der Waals surface area contributed by atoms with E-state index in [-0.39, 0.29) is 5.91 Å². The van der Waals surface area contributed by atoms with Crippen LogP contribution in [-0.2, 0) is 4.79 Å². The highest BCUT2D eigenvalue weighted by atomic mass is 16.5. The highest BCUT2D eigenvalue weighted by molar-refractivity contribution is 5.81. The second-order valence-corrected chi connectivity index (χ2v) is 4.15. The van der Waals surface area contributed by atoms with Gasteiger partial charge in [0.25, 0.3) is 5.91 Å². The molecule has 0 radical (unpaired) electrons. The van der Waals surface area contributed by atoms with Crippen LogP contribution in [0.4, 0.5) is 0 Å². The number of benzene rings is 1. The number of carbonyl (C=O) groups is 1. The van der Waals surface area contributed by atoms with Gasteiger partial charge in [-0.3, -0.25) is 4.79 Å². The summed E-state index contributed by atoms with van der Waals surface area (Å²) in [6, 6.07) is 10.0. The fraction of sp³-hybridized carbons (Fsp3) is 0.357. The number of hydrogen-bond donors (Lipinski definition) is 0. The Hall–Kier alpha value is -2.53. The van der Waals surface area contributed by atoms with E-state index >= 15 is 0 Å². The van der Waals surface area contributed by atoms with Crippen LogP contribution in [-0.4, -0.2) is 30.0 Å². The molecule has 5 nitrogen and oxygen atoms in total. The maximum absolute atomic E-state index is 12.0. The molecule has 0 aromatic heterocycles. The molecule has 0 unspecified atom stereocenters. The van der Waals surface area contributed by atoms with Crippen molar-refractivity contribution in [3.05, 3.63) is 29.8 Å². The van der Waals surface area contributed by atoms with Crippen LogP contribution in [0.15, 0.2) is 24.3 Å². The van der Waals surface area contributed by atoms with E-state index in [1.807, 2.05) is 12.1 Å². The molecule has 1 rings (SSSR count). The van der Waals surface area contributed by atoms with Crippen LogP contribution in [0.1, 0.15) is 19.4 Å². The summed E-state index contributed by atoms with van der Waals surface area (Å²) < 4.78 is 5.48. The minimum atomic E-state index is -0.686. The first-order valence-electron chi connectivity index (χ1n) is 5.82. The van der Waals surface area contributed by atoms with Crippen molar-refractivity contribution in [3.63, 3.8) is 0 Å². The molecule has 1 amide bonds. The van der Waals surface area contributed by atoms with Crippen molar-refractivity contribution in [2.45, 2.75) is 26.0 Å². The Kier molecular flexibility index (Phi) is 4.91. The molecule has 0 aliphatic carbocycles. The normalized spacial score (nSPS) is 12.7. The summed E-state index contributed by atoms with van der Waals surface area (Å²) >= 11 is 0. The van der Waals surface area contributed by atoms with Gasteiger partial charge in [0.15, 0.2) is 6.10 Å². The second kappa shape index (κ2) is 6.42.